The summed E-state index contributed by atoms with van der Waals surface area (Å²) in [6.45, 7) is 2.51. The standard InChI is InChI=1S/C26H33NO7S/c1-17-22(16-35-13-12-28)33-26(34-25(17)20-6-4-19(15-29)5-7-20)21-8-2-18(3-9-21)14-27-23(30)10-11-24(31)32/h2-9,17,22,25-26,28-29H,10-16H2,1H3,(H,27,30)(H,31,32)/t17-,22+,25+,26+/m1/s1. The number of aliphatic hydroxyl groups excluding tert-OH is 2. The second-order valence-corrected chi connectivity index (χ2v) is 9.68. The van der Waals surface area contributed by atoms with Gasteiger partial charge in [-0.15, -0.1) is 0 Å². The lowest BCUT2D eigenvalue weighted by Crippen LogP contribution is -2.38. The third-order valence-electron chi connectivity index (χ3n) is 5.95. The van der Waals surface area contributed by atoms with Crippen molar-refractivity contribution in [3.05, 3.63) is 70.8 Å². The molecule has 0 aliphatic carbocycles. The average molecular weight is 504 g/mol. The molecule has 2 aromatic carbocycles. The molecule has 0 aromatic heterocycles. The lowest BCUT2D eigenvalue weighted by Gasteiger charge is -2.41. The summed E-state index contributed by atoms with van der Waals surface area (Å²) in [6, 6.07) is 15.3. The molecule has 2 aromatic rings. The highest BCUT2D eigenvalue weighted by atomic mass is 32.2. The maximum absolute atomic E-state index is 11.8. The number of aliphatic carboxylic acids is 1. The van der Waals surface area contributed by atoms with Crippen LogP contribution in [0.1, 0.15) is 54.4 Å². The van der Waals surface area contributed by atoms with Crippen LogP contribution in [-0.4, -0.2) is 51.4 Å². The number of carbonyl (C=O) groups excluding carboxylic acids is 1. The zero-order valence-electron chi connectivity index (χ0n) is 19.8. The molecule has 0 unspecified atom stereocenters. The van der Waals surface area contributed by atoms with Crippen LogP contribution in [-0.2, 0) is 32.2 Å². The van der Waals surface area contributed by atoms with Crippen LogP contribution in [0.3, 0.4) is 0 Å². The number of carbonyl (C=O) groups is 2. The van der Waals surface area contributed by atoms with E-state index in [-0.39, 0.29) is 50.1 Å². The van der Waals surface area contributed by atoms with Gasteiger partial charge >= 0.3 is 5.97 Å². The molecular formula is C26H33NO7S. The van der Waals surface area contributed by atoms with Crippen LogP contribution < -0.4 is 5.32 Å². The molecule has 4 N–H and O–H groups in total. The van der Waals surface area contributed by atoms with Crippen LogP contribution in [0.2, 0.25) is 0 Å². The molecule has 1 aliphatic heterocycles. The summed E-state index contributed by atoms with van der Waals surface area (Å²) in [6.07, 6.45) is -1.10. The first-order chi connectivity index (χ1) is 16.9. The molecule has 4 atom stereocenters. The minimum atomic E-state index is -0.998. The summed E-state index contributed by atoms with van der Waals surface area (Å²) in [5.74, 6) is 0.149. The van der Waals surface area contributed by atoms with E-state index in [0.29, 0.717) is 12.3 Å². The minimum Gasteiger partial charge on any atom is -0.481 e. The Kier molecular flexibility index (Phi) is 10.6. The molecule has 1 fully saturated rings. The van der Waals surface area contributed by atoms with E-state index < -0.39 is 12.3 Å². The van der Waals surface area contributed by atoms with Gasteiger partial charge in [0.05, 0.1) is 31.8 Å². The Morgan fingerprint density at radius 3 is 2.23 bits per heavy atom. The number of thioether (sulfide) groups is 1. The van der Waals surface area contributed by atoms with Crippen molar-refractivity contribution in [3.8, 4) is 0 Å². The van der Waals surface area contributed by atoms with Gasteiger partial charge in [-0.05, 0) is 16.7 Å². The summed E-state index contributed by atoms with van der Waals surface area (Å²) >= 11 is 1.64. The van der Waals surface area contributed by atoms with E-state index in [1.54, 1.807) is 11.8 Å². The van der Waals surface area contributed by atoms with E-state index in [4.69, 9.17) is 14.6 Å². The predicted octanol–water partition coefficient (Wildman–Crippen LogP) is 3.18. The Morgan fingerprint density at radius 1 is 0.943 bits per heavy atom. The van der Waals surface area contributed by atoms with E-state index in [9.17, 15) is 19.8 Å². The highest BCUT2D eigenvalue weighted by Crippen LogP contribution is 2.42. The third-order valence-corrected chi connectivity index (χ3v) is 6.98. The van der Waals surface area contributed by atoms with Crippen LogP contribution in [0, 0.1) is 5.92 Å². The average Bonchev–Trinajstić information content (AvgIpc) is 2.87. The molecule has 1 aliphatic rings. The van der Waals surface area contributed by atoms with Crippen molar-refractivity contribution in [2.75, 3.05) is 18.1 Å². The van der Waals surface area contributed by atoms with Crippen molar-refractivity contribution >= 4 is 23.6 Å². The quantitative estimate of drug-likeness (QED) is 0.326. The summed E-state index contributed by atoms with van der Waals surface area (Å²) < 4.78 is 12.7. The topological polar surface area (TPSA) is 125 Å². The third kappa shape index (κ3) is 8.05. The molecule has 3 rings (SSSR count). The fraction of sp³-hybridized carbons (Fsp3) is 0.462. The molecule has 0 bridgehead atoms. The van der Waals surface area contributed by atoms with Crippen LogP contribution >= 0.6 is 11.8 Å². The minimum absolute atomic E-state index is 0.0140. The molecule has 1 saturated heterocycles. The van der Waals surface area contributed by atoms with Crippen molar-refractivity contribution in [1.82, 2.24) is 5.32 Å². The Balaban J connectivity index is 1.70. The Bertz CT molecular complexity index is 951. The molecule has 0 spiro atoms. The van der Waals surface area contributed by atoms with E-state index in [1.807, 2.05) is 48.5 Å². The maximum atomic E-state index is 11.8. The molecule has 0 saturated carbocycles. The van der Waals surface area contributed by atoms with Gasteiger partial charge in [0.2, 0.25) is 5.91 Å². The molecule has 35 heavy (non-hydrogen) atoms. The van der Waals surface area contributed by atoms with Gasteiger partial charge in [0.1, 0.15) is 0 Å². The highest BCUT2D eigenvalue weighted by molar-refractivity contribution is 7.99. The second kappa shape index (κ2) is 13.6. The van der Waals surface area contributed by atoms with Gasteiger partial charge in [0, 0.05) is 36.0 Å². The number of rotatable bonds is 12. The molecule has 0 radical (unpaired) electrons. The molecule has 190 valence electrons. The fourth-order valence-electron chi connectivity index (χ4n) is 3.88. The lowest BCUT2D eigenvalue weighted by atomic mass is 9.91. The van der Waals surface area contributed by atoms with Gasteiger partial charge in [-0.2, -0.15) is 11.8 Å². The zero-order valence-corrected chi connectivity index (χ0v) is 20.6. The van der Waals surface area contributed by atoms with Crippen molar-refractivity contribution < 1.29 is 34.4 Å². The number of hydrogen-bond acceptors (Lipinski definition) is 7. The van der Waals surface area contributed by atoms with E-state index in [2.05, 4.69) is 12.2 Å². The number of carboxylic acid groups (broad SMARTS) is 1. The predicted molar refractivity (Wildman–Crippen MR) is 133 cm³/mol. The molecule has 1 amide bonds. The van der Waals surface area contributed by atoms with Crippen molar-refractivity contribution in [2.24, 2.45) is 5.92 Å². The first-order valence-corrected chi connectivity index (χ1v) is 12.8. The second-order valence-electron chi connectivity index (χ2n) is 8.53. The highest BCUT2D eigenvalue weighted by Gasteiger charge is 2.38. The van der Waals surface area contributed by atoms with Crippen molar-refractivity contribution in [1.29, 1.82) is 0 Å². The molecule has 9 heteroatoms. The molecule has 1 heterocycles. The lowest BCUT2D eigenvalue weighted by molar-refractivity contribution is -0.268. The van der Waals surface area contributed by atoms with Crippen LogP contribution in [0.4, 0.5) is 0 Å². The number of amides is 1. The van der Waals surface area contributed by atoms with Gasteiger partial charge in [-0.1, -0.05) is 55.5 Å². The van der Waals surface area contributed by atoms with Crippen molar-refractivity contribution in [3.63, 3.8) is 0 Å². The summed E-state index contributed by atoms with van der Waals surface area (Å²) in [7, 11) is 0. The SMILES string of the molecule is C[C@@H]1[C@H](CSCCO)O[C@H](c2ccc(CNC(=O)CCC(=O)O)cc2)O[C@@H]1c1ccc(CO)cc1. The zero-order chi connectivity index (χ0) is 25.2. The van der Waals surface area contributed by atoms with Gasteiger partial charge in [-0.25, -0.2) is 0 Å². The maximum Gasteiger partial charge on any atom is 0.303 e. The monoisotopic (exact) mass is 503 g/mol. The first-order valence-electron chi connectivity index (χ1n) is 11.7. The van der Waals surface area contributed by atoms with E-state index in [1.165, 1.54) is 0 Å². The Labute approximate surface area is 209 Å². The molecule has 8 nitrogen and oxygen atoms in total. The van der Waals surface area contributed by atoms with Crippen LogP contribution in [0.15, 0.2) is 48.5 Å². The Hall–Kier alpha value is -2.43. The van der Waals surface area contributed by atoms with Gasteiger partial charge in [0.15, 0.2) is 6.29 Å². The first kappa shape index (κ1) is 27.2. The van der Waals surface area contributed by atoms with Crippen molar-refractivity contribution in [2.45, 2.75) is 51.4 Å². The number of ether oxygens (including phenoxy) is 2. The van der Waals surface area contributed by atoms with Gasteiger partial charge in [0.25, 0.3) is 0 Å². The fourth-order valence-corrected chi connectivity index (χ4v) is 4.79. The van der Waals surface area contributed by atoms with Crippen LogP contribution in [0.25, 0.3) is 0 Å². The summed E-state index contributed by atoms with van der Waals surface area (Å²) in [5, 5.41) is 29.9. The van der Waals surface area contributed by atoms with Gasteiger partial charge in [-0.3, -0.25) is 9.59 Å². The normalized spacial score (nSPS) is 22.0. The number of carboxylic acids is 1. The van der Waals surface area contributed by atoms with E-state index in [0.717, 1.165) is 28.0 Å². The summed E-state index contributed by atoms with van der Waals surface area (Å²) in [4.78, 5) is 22.4. The van der Waals surface area contributed by atoms with E-state index >= 15 is 0 Å². The number of hydrogen-bond donors (Lipinski definition) is 4. The number of benzene rings is 2. The Morgan fingerprint density at radius 2 is 1.60 bits per heavy atom. The number of aliphatic hydroxyl groups is 2. The van der Waals surface area contributed by atoms with Crippen LogP contribution in [0.5, 0.6) is 0 Å². The number of nitrogens with one attached hydrogen (secondary N) is 1. The largest absolute Gasteiger partial charge is 0.481 e. The molecular weight excluding hydrogens is 470 g/mol. The summed E-state index contributed by atoms with van der Waals surface area (Å²) in [5.41, 5.74) is 3.59. The van der Waals surface area contributed by atoms with Gasteiger partial charge < -0.3 is 30.1 Å². The smallest absolute Gasteiger partial charge is 0.303 e.